The monoisotopic (exact) mass is 507 g/mol. The van der Waals surface area contributed by atoms with Crippen molar-refractivity contribution in [2.24, 2.45) is 0 Å². The molecule has 11 nitrogen and oxygen atoms in total. The fourth-order valence-electron chi connectivity index (χ4n) is 3.39. The molecule has 2 heterocycles. The predicted octanol–water partition coefficient (Wildman–Crippen LogP) is 1.22. The van der Waals surface area contributed by atoms with Crippen molar-refractivity contribution in [2.75, 3.05) is 33.0 Å². The van der Waals surface area contributed by atoms with E-state index in [1.807, 2.05) is 0 Å². The molecule has 0 atom stereocenters. The first kappa shape index (κ1) is 25.3. The van der Waals surface area contributed by atoms with E-state index in [1.54, 1.807) is 4.90 Å². The van der Waals surface area contributed by atoms with Gasteiger partial charge in [0.2, 0.25) is 15.9 Å². The summed E-state index contributed by atoms with van der Waals surface area (Å²) < 4.78 is 25.6. The molecule has 13 heteroatoms. The van der Waals surface area contributed by atoms with Crippen molar-refractivity contribution in [1.82, 2.24) is 19.8 Å². The van der Waals surface area contributed by atoms with Gasteiger partial charge in [0, 0.05) is 45.1 Å². The van der Waals surface area contributed by atoms with E-state index in [2.05, 4.69) is 16.0 Å². The summed E-state index contributed by atoms with van der Waals surface area (Å²) >= 11 is 1.16. The number of hydrogen-bond donors (Lipinski definition) is 3. The van der Waals surface area contributed by atoms with Crippen molar-refractivity contribution >= 4 is 50.1 Å². The maximum absolute atomic E-state index is 12.9. The molecule has 0 unspecified atom stereocenters. The lowest BCUT2D eigenvalue weighted by Gasteiger charge is -2.26. The first-order valence-corrected chi connectivity index (χ1v) is 12.5. The number of rotatable bonds is 5. The number of carbonyl (C=O) groups excluding carboxylic acids is 4. The number of hydrogen-bond acceptors (Lipinski definition) is 7. The number of imide groups is 1. The van der Waals surface area contributed by atoms with Crippen LogP contribution in [0, 0.1) is 0 Å². The highest BCUT2D eigenvalue weighted by Gasteiger charge is 2.30. The van der Waals surface area contributed by atoms with Crippen LogP contribution in [-0.2, 0) is 27.8 Å². The standard InChI is InChI=1S/C21H25N5O6S2/c1-12(27)26-10-9-15-16(11-26)33-20(17(15)19(29)24-21(30)22-2)23-18(28)13-5-7-14(8-6-13)34(31,32)25(3)4/h5-8H,9-11H2,1-4H3,(H,23,28)(H2,22,24,29,30). The van der Waals surface area contributed by atoms with Gasteiger partial charge in [0.15, 0.2) is 0 Å². The number of nitrogens with one attached hydrogen (secondary N) is 3. The fraction of sp³-hybridized carbons (Fsp3) is 0.333. The van der Waals surface area contributed by atoms with Crippen molar-refractivity contribution in [1.29, 1.82) is 0 Å². The molecular formula is C21H25N5O6S2. The molecule has 0 saturated carbocycles. The van der Waals surface area contributed by atoms with Crippen LogP contribution in [0.5, 0.6) is 0 Å². The number of thiophene rings is 1. The lowest BCUT2D eigenvalue weighted by molar-refractivity contribution is -0.129. The minimum absolute atomic E-state index is 0.0376. The number of urea groups is 1. The van der Waals surface area contributed by atoms with Gasteiger partial charge >= 0.3 is 6.03 Å². The Labute approximate surface area is 201 Å². The third kappa shape index (κ3) is 5.11. The molecule has 5 amide bonds. The lowest BCUT2D eigenvalue weighted by Crippen LogP contribution is -2.39. The van der Waals surface area contributed by atoms with Gasteiger partial charge in [-0.2, -0.15) is 0 Å². The van der Waals surface area contributed by atoms with E-state index in [0.717, 1.165) is 20.5 Å². The highest BCUT2D eigenvalue weighted by molar-refractivity contribution is 7.89. The second-order valence-corrected chi connectivity index (χ2v) is 11.0. The van der Waals surface area contributed by atoms with E-state index >= 15 is 0 Å². The number of carbonyl (C=O) groups is 4. The molecule has 0 fully saturated rings. The SMILES string of the molecule is CNC(=O)NC(=O)c1c(NC(=O)c2ccc(S(=O)(=O)N(C)C)cc2)sc2c1CCN(C(C)=O)C2. The molecule has 182 valence electrons. The minimum atomic E-state index is -3.64. The van der Waals surface area contributed by atoms with Crippen LogP contribution in [0.1, 0.15) is 38.1 Å². The summed E-state index contributed by atoms with van der Waals surface area (Å²) in [5.41, 5.74) is 1.03. The van der Waals surface area contributed by atoms with Crippen molar-refractivity contribution in [3.63, 3.8) is 0 Å². The zero-order valence-corrected chi connectivity index (χ0v) is 20.7. The smallest absolute Gasteiger partial charge is 0.321 e. The van der Waals surface area contributed by atoms with Crippen molar-refractivity contribution in [2.45, 2.75) is 24.8 Å². The van der Waals surface area contributed by atoms with Gasteiger partial charge in [-0.15, -0.1) is 11.3 Å². The Morgan fingerprint density at radius 1 is 1.06 bits per heavy atom. The van der Waals surface area contributed by atoms with Gasteiger partial charge in [0.1, 0.15) is 5.00 Å². The Balaban J connectivity index is 1.92. The number of amides is 5. The molecule has 0 bridgehead atoms. The van der Waals surface area contributed by atoms with Crippen LogP contribution in [-0.4, -0.2) is 69.1 Å². The Morgan fingerprint density at radius 3 is 2.26 bits per heavy atom. The summed E-state index contributed by atoms with van der Waals surface area (Å²) in [4.78, 5) is 51.7. The van der Waals surface area contributed by atoms with Crippen LogP contribution in [0.4, 0.5) is 9.80 Å². The molecule has 1 aliphatic rings. The number of anilines is 1. The third-order valence-corrected chi connectivity index (χ3v) is 8.27. The van der Waals surface area contributed by atoms with E-state index < -0.39 is 27.9 Å². The summed E-state index contributed by atoms with van der Waals surface area (Å²) in [6, 6.07) is 4.71. The Hall–Kier alpha value is -3.29. The molecular weight excluding hydrogens is 482 g/mol. The number of sulfonamides is 1. The molecule has 1 aromatic heterocycles. The molecule has 34 heavy (non-hydrogen) atoms. The van der Waals surface area contributed by atoms with E-state index in [4.69, 9.17) is 0 Å². The summed E-state index contributed by atoms with van der Waals surface area (Å²) in [6.07, 6.45) is 0.398. The highest BCUT2D eigenvalue weighted by Crippen LogP contribution is 2.37. The molecule has 3 N–H and O–H groups in total. The van der Waals surface area contributed by atoms with Gasteiger partial charge in [-0.1, -0.05) is 0 Å². The summed E-state index contributed by atoms with van der Waals surface area (Å²) in [5, 5.41) is 7.48. The number of fused-ring (bicyclic) bond motifs is 1. The largest absolute Gasteiger partial charge is 0.341 e. The first-order chi connectivity index (χ1) is 15.9. The molecule has 0 aliphatic carbocycles. The van der Waals surface area contributed by atoms with E-state index in [1.165, 1.54) is 52.3 Å². The molecule has 1 aromatic carbocycles. The predicted molar refractivity (Wildman–Crippen MR) is 126 cm³/mol. The quantitative estimate of drug-likeness (QED) is 0.555. The Morgan fingerprint density at radius 2 is 1.71 bits per heavy atom. The highest BCUT2D eigenvalue weighted by atomic mass is 32.2. The van der Waals surface area contributed by atoms with Gasteiger partial charge in [-0.3, -0.25) is 19.7 Å². The van der Waals surface area contributed by atoms with Gasteiger partial charge < -0.3 is 15.5 Å². The summed E-state index contributed by atoms with van der Waals surface area (Å²) in [5.74, 6) is -1.32. The van der Waals surface area contributed by atoms with E-state index in [0.29, 0.717) is 25.1 Å². The van der Waals surface area contributed by atoms with E-state index in [-0.39, 0.29) is 26.9 Å². The maximum Gasteiger partial charge on any atom is 0.321 e. The van der Waals surface area contributed by atoms with Crippen LogP contribution in [0.15, 0.2) is 29.2 Å². The van der Waals surface area contributed by atoms with Crippen LogP contribution in [0.3, 0.4) is 0 Å². The third-order valence-electron chi connectivity index (χ3n) is 5.31. The average Bonchev–Trinajstić information content (AvgIpc) is 3.15. The van der Waals surface area contributed by atoms with Crippen LogP contribution in [0.2, 0.25) is 0 Å². The molecule has 2 aromatic rings. The van der Waals surface area contributed by atoms with Crippen molar-refractivity contribution < 1.29 is 27.6 Å². The normalized spacial score (nSPS) is 13.3. The zero-order valence-electron chi connectivity index (χ0n) is 19.1. The van der Waals surface area contributed by atoms with Gasteiger partial charge in [-0.25, -0.2) is 17.5 Å². The minimum Gasteiger partial charge on any atom is -0.341 e. The van der Waals surface area contributed by atoms with Gasteiger partial charge in [0.05, 0.1) is 17.0 Å². The zero-order chi connectivity index (χ0) is 25.2. The van der Waals surface area contributed by atoms with Crippen LogP contribution >= 0.6 is 11.3 Å². The average molecular weight is 508 g/mol. The Kier molecular flexibility index (Phi) is 7.38. The molecule has 0 saturated heterocycles. The summed E-state index contributed by atoms with van der Waals surface area (Å²) in [6.45, 7) is 2.16. The lowest BCUT2D eigenvalue weighted by atomic mass is 10.0. The number of nitrogens with zero attached hydrogens (tertiary/aromatic N) is 2. The second kappa shape index (κ2) is 9.91. The van der Waals surface area contributed by atoms with Crippen molar-refractivity contribution in [3.8, 4) is 0 Å². The Bertz CT molecular complexity index is 1250. The molecule has 3 rings (SSSR count). The second-order valence-electron chi connectivity index (χ2n) is 7.70. The van der Waals surface area contributed by atoms with Gasteiger partial charge in [-0.05, 0) is 36.2 Å². The molecule has 1 aliphatic heterocycles. The van der Waals surface area contributed by atoms with Crippen LogP contribution in [0.25, 0.3) is 0 Å². The van der Waals surface area contributed by atoms with Crippen LogP contribution < -0.4 is 16.0 Å². The topological polar surface area (TPSA) is 145 Å². The fourth-order valence-corrected chi connectivity index (χ4v) is 5.55. The summed E-state index contributed by atoms with van der Waals surface area (Å²) in [7, 11) is 0.550. The number of benzene rings is 1. The van der Waals surface area contributed by atoms with Gasteiger partial charge in [0.25, 0.3) is 11.8 Å². The first-order valence-electron chi connectivity index (χ1n) is 10.2. The van der Waals surface area contributed by atoms with E-state index in [9.17, 15) is 27.6 Å². The maximum atomic E-state index is 12.9. The van der Waals surface area contributed by atoms with Crippen molar-refractivity contribution in [3.05, 3.63) is 45.8 Å². The molecule has 0 spiro atoms. The molecule has 0 radical (unpaired) electrons.